The molecule has 3 N–H and O–H groups in total. The zero-order chi connectivity index (χ0) is 16.7. The Bertz CT molecular complexity index is 712. The molecule has 0 aliphatic carbocycles. The summed E-state index contributed by atoms with van der Waals surface area (Å²) in [6.45, 7) is 0. The third kappa shape index (κ3) is 5.19. The largest absolute Gasteiger partial charge is 1.00 e. The zero-order valence-electron chi connectivity index (χ0n) is 13.3. The molecule has 2 aromatic rings. The molecule has 24 heavy (non-hydrogen) atoms. The predicted octanol–water partition coefficient (Wildman–Crippen LogP) is -3.10. The first kappa shape index (κ1) is 19.3. The van der Waals surface area contributed by atoms with Gasteiger partial charge in [-0.05, 0) is 24.3 Å². The van der Waals surface area contributed by atoms with Crippen molar-refractivity contribution < 1.29 is 41.8 Å². The van der Waals surface area contributed by atoms with E-state index in [-0.39, 0.29) is 24.3 Å². The SMILES string of the molecule is COC(=O)c1ccc([NH+]=C[NH2+]c2ccc(C(=O)OC)cc2)cc1.[Cl-]. The molecule has 0 saturated heterocycles. The maximum absolute atomic E-state index is 11.3. The quantitative estimate of drug-likeness (QED) is 0.259. The summed E-state index contributed by atoms with van der Waals surface area (Å²) in [5.41, 5.74) is 2.80. The molecule has 126 valence electrons. The van der Waals surface area contributed by atoms with Crippen LogP contribution >= 0.6 is 0 Å². The van der Waals surface area contributed by atoms with Gasteiger partial charge in [0, 0.05) is 24.3 Å². The Hall–Kier alpha value is -2.70. The highest BCUT2D eigenvalue weighted by molar-refractivity contribution is 5.90. The molecule has 0 saturated carbocycles. The van der Waals surface area contributed by atoms with Crippen LogP contribution in [-0.4, -0.2) is 32.5 Å². The molecular weight excluding hydrogens is 332 g/mol. The fourth-order valence-corrected chi connectivity index (χ4v) is 1.90. The molecular formula is C17H18ClN2O4+. The molecule has 0 bridgehead atoms. The first-order chi connectivity index (χ1) is 11.1. The van der Waals surface area contributed by atoms with Crippen LogP contribution in [0.25, 0.3) is 0 Å². The second kappa shape index (κ2) is 9.44. The lowest BCUT2D eigenvalue weighted by Gasteiger charge is -1.98. The topological polar surface area (TPSA) is 83.2 Å². The van der Waals surface area contributed by atoms with Gasteiger partial charge in [0.2, 0.25) is 5.69 Å². The highest BCUT2D eigenvalue weighted by atomic mass is 35.5. The van der Waals surface area contributed by atoms with Crippen LogP contribution in [0, 0.1) is 0 Å². The molecule has 7 heteroatoms. The zero-order valence-corrected chi connectivity index (χ0v) is 14.0. The number of carbonyl (C=O) groups is 2. The monoisotopic (exact) mass is 349 g/mol. The third-order valence-electron chi connectivity index (χ3n) is 3.16. The summed E-state index contributed by atoms with van der Waals surface area (Å²) in [7, 11) is 2.70. The molecule has 0 spiro atoms. The van der Waals surface area contributed by atoms with E-state index in [1.807, 2.05) is 17.4 Å². The van der Waals surface area contributed by atoms with Crippen molar-refractivity contribution in [1.29, 1.82) is 0 Å². The molecule has 0 heterocycles. The third-order valence-corrected chi connectivity index (χ3v) is 3.16. The molecule has 6 nitrogen and oxygen atoms in total. The van der Waals surface area contributed by atoms with Crippen LogP contribution in [0.4, 0.5) is 11.4 Å². The van der Waals surface area contributed by atoms with Gasteiger partial charge in [-0.25, -0.2) is 14.9 Å². The maximum atomic E-state index is 11.3. The molecule has 0 aliphatic rings. The highest BCUT2D eigenvalue weighted by Crippen LogP contribution is 2.06. The van der Waals surface area contributed by atoms with Gasteiger partial charge in [0.05, 0.1) is 25.3 Å². The van der Waals surface area contributed by atoms with Gasteiger partial charge in [-0.1, -0.05) is 0 Å². The summed E-state index contributed by atoms with van der Waals surface area (Å²) in [5, 5.41) is 1.87. The van der Waals surface area contributed by atoms with Gasteiger partial charge < -0.3 is 21.9 Å². The fourth-order valence-electron chi connectivity index (χ4n) is 1.90. The first-order valence-electron chi connectivity index (χ1n) is 6.94. The Morgan fingerprint density at radius 3 is 1.79 bits per heavy atom. The van der Waals surface area contributed by atoms with Crippen molar-refractivity contribution in [2.75, 3.05) is 14.2 Å². The summed E-state index contributed by atoms with van der Waals surface area (Å²) in [4.78, 5) is 25.8. The lowest BCUT2D eigenvalue weighted by molar-refractivity contribution is -0.508. The van der Waals surface area contributed by atoms with E-state index in [1.165, 1.54) is 14.2 Å². The van der Waals surface area contributed by atoms with E-state index in [9.17, 15) is 9.59 Å². The Kier molecular flexibility index (Phi) is 7.61. The van der Waals surface area contributed by atoms with Crippen molar-refractivity contribution >= 4 is 29.7 Å². The molecule has 0 unspecified atom stereocenters. The number of ether oxygens (including phenoxy) is 2. The van der Waals surface area contributed by atoms with E-state index >= 15 is 0 Å². The number of hydrogen-bond acceptors (Lipinski definition) is 4. The fraction of sp³-hybridized carbons (Fsp3) is 0.118. The number of nitrogens with one attached hydrogen (secondary N) is 1. The molecule has 0 radical (unpaired) electrons. The number of esters is 2. The number of rotatable bonds is 5. The average molecular weight is 350 g/mol. The second-order valence-corrected chi connectivity index (χ2v) is 4.66. The first-order valence-corrected chi connectivity index (χ1v) is 6.94. The van der Waals surface area contributed by atoms with Crippen LogP contribution in [0.2, 0.25) is 0 Å². The van der Waals surface area contributed by atoms with E-state index in [1.54, 1.807) is 42.7 Å². The Morgan fingerprint density at radius 2 is 1.33 bits per heavy atom. The Labute approximate surface area is 145 Å². The number of benzene rings is 2. The number of methoxy groups -OCH3 is 2. The predicted molar refractivity (Wildman–Crippen MR) is 83.8 cm³/mol. The number of carbonyl (C=O) groups excluding carboxylic acids is 2. The van der Waals surface area contributed by atoms with Crippen molar-refractivity contribution in [2.24, 2.45) is 0 Å². The van der Waals surface area contributed by atoms with Gasteiger partial charge in [0.1, 0.15) is 5.69 Å². The molecule has 0 aromatic heterocycles. The number of halogens is 1. The van der Waals surface area contributed by atoms with Crippen LogP contribution in [0.5, 0.6) is 0 Å². The number of quaternary nitrogens is 1. The molecule has 2 rings (SSSR count). The van der Waals surface area contributed by atoms with Crippen molar-refractivity contribution in [2.45, 2.75) is 0 Å². The van der Waals surface area contributed by atoms with E-state index in [2.05, 4.69) is 14.5 Å². The summed E-state index contributed by atoms with van der Waals surface area (Å²) >= 11 is 0. The van der Waals surface area contributed by atoms with E-state index < -0.39 is 0 Å². The number of hydrogen-bond donors (Lipinski definition) is 2. The Morgan fingerprint density at radius 1 is 0.875 bits per heavy atom. The van der Waals surface area contributed by atoms with Gasteiger partial charge in [0.15, 0.2) is 0 Å². The van der Waals surface area contributed by atoms with Crippen LogP contribution in [-0.2, 0) is 9.47 Å². The van der Waals surface area contributed by atoms with Crippen molar-refractivity contribution in [1.82, 2.24) is 0 Å². The van der Waals surface area contributed by atoms with Crippen LogP contribution in [0.3, 0.4) is 0 Å². The molecule has 2 aromatic carbocycles. The summed E-state index contributed by atoms with van der Waals surface area (Å²) in [6.07, 6.45) is 1.78. The van der Waals surface area contributed by atoms with Crippen molar-refractivity contribution in [3.63, 3.8) is 0 Å². The lowest BCUT2D eigenvalue weighted by Crippen LogP contribution is -3.00. The molecule has 0 fully saturated rings. The summed E-state index contributed by atoms with van der Waals surface area (Å²) in [5.74, 6) is -0.720. The highest BCUT2D eigenvalue weighted by Gasteiger charge is 2.07. The van der Waals surface area contributed by atoms with Crippen molar-refractivity contribution in [3.8, 4) is 0 Å². The van der Waals surface area contributed by atoms with Crippen LogP contribution in [0.15, 0.2) is 48.5 Å². The van der Waals surface area contributed by atoms with Gasteiger partial charge in [-0.3, -0.25) is 0 Å². The van der Waals surface area contributed by atoms with E-state index in [0.29, 0.717) is 11.1 Å². The molecule has 0 atom stereocenters. The minimum Gasteiger partial charge on any atom is -1.00 e. The van der Waals surface area contributed by atoms with Crippen molar-refractivity contribution in [3.05, 3.63) is 59.7 Å². The summed E-state index contributed by atoms with van der Waals surface area (Å²) < 4.78 is 9.29. The lowest BCUT2D eigenvalue weighted by atomic mass is 10.2. The normalized spacial score (nSPS) is 10.1. The van der Waals surface area contributed by atoms with Gasteiger partial charge in [-0.15, -0.1) is 0 Å². The molecule has 0 amide bonds. The number of nitrogens with two attached hydrogens (primary N) is 1. The minimum absolute atomic E-state index is 0. The van der Waals surface area contributed by atoms with Gasteiger partial charge in [-0.2, -0.15) is 4.99 Å². The average Bonchev–Trinajstić information content (AvgIpc) is 2.61. The minimum atomic E-state index is -0.363. The van der Waals surface area contributed by atoms with Gasteiger partial charge in [0.25, 0.3) is 0 Å². The second-order valence-electron chi connectivity index (χ2n) is 4.66. The van der Waals surface area contributed by atoms with Crippen LogP contribution < -0.4 is 22.7 Å². The smallest absolute Gasteiger partial charge is 0.337 e. The van der Waals surface area contributed by atoms with Crippen LogP contribution in [0.1, 0.15) is 20.7 Å². The van der Waals surface area contributed by atoms with E-state index in [4.69, 9.17) is 0 Å². The van der Waals surface area contributed by atoms with E-state index in [0.717, 1.165) is 11.4 Å². The molecule has 0 aliphatic heterocycles. The summed E-state index contributed by atoms with van der Waals surface area (Å²) in [6, 6.07) is 14.0. The Balaban J connectivity index is 0.00000288. The maximum Gasteiger partial charge on any atom is 0.337 e. The van der Waals surface area contributed by atoms with Gasteiger partial charge >= 0.3 is 18.3 Å². The standard InChI is InChI=1S/C17H16N2O4.ClH/c1-22-16(20)12-3-7-14(8-4-12)18-11-19-15-9-5-13(6-10-15)17(21)23-2;/h3-11H,1-2H3,(H,18,19);1H/p+1.